The van der Waals surface area contributed by atoms with E-state index >= 15 is 0 Å². The summed E-state index contributed by atoms with van der Waals surface area (Å²) in [5.74, 6) is -0.133. The predicted molar refractivity (Wildman–Crippen MR) is 72.4 cm³/mol. The van der Waals surface area contributed by atoms with Crippen molar-refractivity contribution in [3.8, 4) is 0 Å². The summed E-state index contributed by atoms with van der Waals surface area (Å²) in [5.41, 5.74) is 0. The molecule has 1 rings (SSSR count). The normalized spacial score (nSPS) is 21.1. The molecule has 0 aliphatic carbocycles. The molecule has 1 aliphatic heterocycles. The average molecular weight is 290 g/mol. The number of carbonyl (C=O) groups is 2. The van der Waals surface area contributed by atoms with E-state index in [-0.39, 0.29) is 42.3 Å². The van der Waals surface area contributed by atoms with Crippen LogP contribution in [-0.2, 0) is 19.4 Å². The summed E-state index contributed by atoms with van der Waals surface area (Å²) in [7, 11) is -3.02. The number of sulfone groups is 1. The van der Waals surface area contributed by atoms with Crippen molar-refractivity contribution in [3.63, 3.8) is 0 Å². The fourth-order valence-electron chi connectivity index (χ4n) is 2.19. The number of rotatable bonds is 6. The highest BCUT2D eigenvalue weighted by Crippen LogP contribution is 2.18. The van der Waals surface area contributed by atoms with Gasteiger partial charge in [0.1, 0.15) is 0 Å². The zero-order valence-corrected chi connectivity index (χ0v) is 12.3. The predicted octanol–water partition coefficient (Wildman–Crippen LogP) is -0.0617. The van der Waals surface area contributed by atoms with Gasteiger partial charge in [-0.2, -0.15) is 0 Å². The van der Waals surface area contributed by atoms with Crippen LogP contribution in [-0.4, -0.2) is 55.8 Å². The highest BCUT2D eigenvalue weighted by molar-refractivity contribution is 7.91. The van der Waals surface area contributed by atoms with Crippen molar-refractivity contribution < 1.29 is 18.0 Å². The highest BCUT2D eigenvalue weighted by atomic mass is 32.2. The molecule has 1 saturated heterocycles. The minimum atomic E-state index is -3.02. The Labute approximate surface area is 114 Å². The van der Waals surface area contributed by atoms with Gasteiger partial charge in [0.25, 0.3) is 0 Å². The van der Waals surface area contributed by atoms with E-state index < -0.39 is 9.84 Å². The van der Waals surface area contributed by atoms with Gasteiger partial charge >= 0.3 is 0 Å². The van der Waals surface area contributed by atoms with Crippen LogP contribution < -0.4 is 5.32 Å². The Hall–Kier alpha value is -1.11. The maximum atomic E-state index is 11.6. The Morgan fingerprint density at radius 2 is 2.05 bits per heavy atom. The summed E-state index contributed by atoms with van der Waals surface area (Å²) < 4.78 is 22.9. The van der Waals surface area contributed by atoms with E-state index in [9.17, 15) is 18.0 Å². The highest BCUT2D eigenvalue weighted by Gasteiger charge is 2.33. The van der Waals surface area contributed by atoms with Crippen LogP contribution in [0.1, 0.15) is 33.1 Å². The minimum absolute atomic E-state index is 0.0170. The molecule has 1 atom stereocenters. The van der Waals surface area contributed by atoms with Crippen LogP contribution in [0.5, 0.6) is 0 Å². The van der Waals surface area contributed by atoms with Gasteiger partial charge in [0.05, 0.1) is 11.5 Å². The van der Waals surface area contributed by atoms with E-state index in [4.69, 9.17) is 0 Å². The molecule has 0 radical (unpaired) electrons. The first-order chi connectivity index (χ1) is 8.85. The first-order valence-corrected chi connectivity index (χ1v) is 8.42. The first-order valence-electron chi connectivity index (χ1n) is 6.60. The summed E-state index contributed by atoms with van der Waals surface area (Å²) in [6.07, 6.45) is 1.55. The van der Waals surface area contributed by atoms with Crippen molar-refractivity contribution in [1.82, 2.24) is 10.2 Å². The van der Waals surface area contributed by atoms with Gasteiger partial charge in [-0.3, -0.25) is 9.59 Å². The fourth-order valence-corrected chi connectivity index (χ4v) is 3.92. The third kappa shape index (κ3) is 5.18. The second kappa shape index (κ2) is 6.88. The SMILES string of the molecule is CCCNC(=O)CCN(C(C)=O)C1CCS(=O)(=O)C1. The molecule has 0 saturated carbocycles. The summed E-state index contributed by atoms with van der Waals surface area (Å²) in [5, 5.41) is 2.74. The van der Waals surface area contributed by atoms with Crippen LogP contribution >= 0.6 is 0 Å². The molecule has 1 aliphatic rings. The summed E-state index contributed by atoms with van der Waals surface area (Å²) in [6.45, 7) is 4.28. The van der Waals surface area contributed by atoms with Gasteiger partial charge in [-0.05, 0) is 12.8 Å². The largest absolute Gasteiger partial charge is 0.356 e. The van der Waals surface area contributed by atoms with Gasteiger partial charge in [-0.1, -0.05) is 6.92 Å². The third-order valence-corrected chi connectivity index (χ3v) is 4.96. The topological polar surface area (TPSA) is 83.6 Å². The number of amides is 2. The van der Waals surface area contributed by atoms with Gasteiger partial charge in [0.15, 0.2) is 9.84 Å². The molecule has 110 valence electrons. The molecule has 19 heavy (non-hydrogen) atoms. The maximum absolute atomic E-state index is 11.6. The zero-order chi connectivity index (χ0) is 14.5. The molecule has 1 N–H and O–H groups in total. The van der Waals surface area contributed by atoms with E-state index in [1.807, 2.05) is 6.92 Å². The summed E-state index contributed by atoms with van der Waals surface area (Å²) >= 11 is 0. The molecule has 1 unspecified atom stereocenters. The average Bonchev–Trinajstić information content (AvgIpc) is 2.66. The monoisotopic (exact) mass is 290 g/mol. The molecule has 0 spiro atoms. The van der Waals surface area contributed by atoms with Gasteiger partial charge in [0, 0.05) is 32.5 Å². The van der Waals surface area contributed by atoms with Gasteiger partial charge in [0.2, 0.25) is 11.8 Å². The Morgan fingerprint density at radius 1 is 1.37 bits per heavy atom. The van der Waals surface area contributed by atoms with E-state index in [1.165, 1.54) is 11.8 Å². The molecule has 0 bridgehead atoms. The maximum Gasteiger partial charge on any atom is 0.221 e. The van der Waals surface area contributed by atoms with Gasteiger partial charge < -0.3 is 10.2 Å². The molecular formula is C12H22N2O4S. The molecule has 0 aromatic heterocycles. The fraction of sp³-hybridized carbons (Fsp3) is 0.833. The van der Waals surface area contributed by atoms with Crippen molar-refractivity contribution in [1.29, 1.82) is 0 Å². The molecule has 0 aromatic rings. The van der Waals surface area contributed by atoms with E-state index in [0.717, 1.165) is 6.42 Å². The second-order valence-electron chi connectivity index (χ2n) is 4.87. The summed E-state index contributed by atoms with van der Waals surface area (Å²) in [4.78, 5) is 24.6. The Kier molecular flexibility index (Phi) is 5.78. The molecular weight excluding hydrogens is 268 g/mol. The van der Waals surface area contributed by atoms with Crippen molar-refractivity contribution in [2.45, 2.75) is 39.2 Å². The van der Waals surface area contributed by atoms with Crippen LogP contribution in [0, 0.1) is 0 Å². The van der Waals surface area contributed by atoms with Crippen LogP contribution in [0.15, 0.2) is 0 Å². The van der Waals surface area contributed by atoms with Gasteiger partial charge in [-0.15, -0.1) is 0 Å². The first kappa shape index (κ1) is 15.9. The van der Waals surface area contributed by atoms with Crippen LogP contribution in [0.3, 0.4) is 0 Å². The lowest BCUT2D eigenvalue weighted by molar-refractivity contribution is -0.131. The minimum Gasteiger partial charge on any atom is -0.356 e. The lowest BCUT2D eigenvalue weighted by Gasteiger charge is -2.26. The van der Waals surface area contributed by atoms with Crippen molar-refractivity contribution in [2.75, 3.05) is 24.6 Å². The standard InChI is InChI=1S/C12H22N2O4S/c1-3-6-13-12(16)4-7-14(10(2)15)11-5-8-19(17,18)9-11/h11H,3-9H2,1-2H3,(H,13,16). The number of carbonyl (C=O) groups excluding carboxylic acids is 2. The quantitative estimate of drug-likeness (QED) is 0.743. The van der Waals surface area contributed by atoms with E-state index in [2.05, 4.69) is 5.32 Å². The van der Waals surface area contributed by atoms with Gasteiger partial charge in [-0.25, -0.2) is 8.42 Å². The van der Waals surface area contributed by atoms with Crippen molar-refractivity contribution in [3.05, 3.63) is 0 Å². The molecule has 1 fully saturated rings. The summed E-state index contributed by atoms with van der Waals surface area (Å²) in [6, 6.07) is -0.276. The van der Waals surface area contributed by atoms with E-state index in [1.54, 1.807) is 0 Å². The molecule has 2 amide bonds. The molecule has 0 aromatic carbocycles. The molecule has 6 nitrogen and oxygen atoms in total. The Balaban J connectivity index is 2.50. The Bertz CT molecular complexity index is 433. The number of nitrogens with zero attached hydrogens (tertiary/aromatic N) is 1. The lowest BCUT2D eigenvalue weighted by Crippen LogP contribution is -2.42. The third-order valence-electron chi connectivity index (χ3n) is 3.21. The van der Waals surface area contributed by atoms with Crippen LogP contribution in [0.2, 0.25) is 0 Å². The Morgan fingerprint density at radius 3 is 2.53 bits per heavy atom. The van der Waals surface area contributed by atoms with E-state index in [0.29, 0.717) is 13.0 Å². The number of nitrogens with one attached hydrogen (secondary N) is 1. The molecule has 7 heteroatoms. The zero-order valence-electron chi connectivity index (χ0n) is 11.5. The van der Waals surface area contributed by atoms with Crippen molar-refractivity contribution in [2.24, 2.45) is 0 Å². The molecule has 1 heterocycles. The number of hydrogen-bond donors (Lipinski definition) is 1. The van der Waals surface area contributed by atoms with Crippen LogP contribution in [0.4, 0.5) is 0 Å². The van der Waals surface area contributed by atoms with Crippen LogP contribution in [0.25, 0.3) is 0 Å². The lowest BCUT2D eigenvalue weighted by atomic mass is 10.2. The smallest absolute Gasteiger partial charge is 0.221 e. The second-order valence-corrected chi connectivity index (χ2v) is 7.10. The van der Waals surface area contributed by atoms with Crippen molar-refractivity contribution >= 4 is 21.7 Å². The number of hydrogen-bond acceptors (Lipinski definition) is 4.